The van der Waals surface area contributed by atoms with Crippen LogP contribution in [0.1, 0.15) is 0 Å². The van der Waals surface area contributed by atoms with E-state index in [1.165, 1.54) is 0 Å². The van der Waals surface area contributed by atoms with Crippen molar-refractivity contribution in [2.45, 2.75) is 6.10 Å². The molecule has 2 aromatic carbocycles. The number of benzene rings is 2. The van der Waals surface area contributed by atoms with Crippen LogP contribution in [0.4, 0.5) is 10.5 Å². The summed E-state index contributed by atoms with van der Waals surface area (Å²) in [6.45, 7) is 0.253. The molecule has 4 nitrogen and oxygen atoms in total. The van der Waals surface area contributed by atoms with Gasteiger partial charge in [0.05, 0.1) is 13.2 Å². The molecule has 0 aliphatic carbocycles. The number of aliphatic hydroxyl groups excluding tert-OH is 1. The number of amides is 1. The summed E-state index contributed by atoms with van der Waals surface area (Å²) in [6.07, 6.45) is -0.826. The number of hydrogen-bond donors (Lipinski definition) is 1. The van der Waals surface area contributed by atoms with Crippen molar-refractivity contribution in [3.05, 3.63) is 42.5 Å². The first-order valence-corrected chi connectivity index (χ1v) is 5.86. The average molecular weight is 243 g/mol. The number of anilines is 1. The lowest BCUT2D eigenvalue weighted by Crippen LogP contribution is -2.25. The first-order chi connectivity index (χ1) is 8.78. The molecule has 1 amide bonds. The summed E-state index contributed by atoms with van der Waals surface area (Å²) in [5.74, 6) is 0. The molecular weight excluding hydrogens is 230 g/mol. The number of hydrogen-bond acceptors (Lipinski definition) is 3. The van der Waals surface area contributed by atoms with Crippen molar-refractivity contribution in [2.24, 2.45) is 0 Å². The Labute approximate surface area is 104 Å². The normalized spacial score (nSPS) is 19.3. The molecule has 1 aliphatic rings. The van der Waals surface area contributed by atoms with Gasteiger partial charge in [-0.25, -0.2) is 4.79 Å². The van der Waals surface area contributed by atoms with Gasteiger partial charge in [0.15, 0.2) is 0 Å². The van der Waals surface area contributed by atoms with Crippen molar-refractivity contribution >= 4 is 22.6 Å². The van der Waals surface area contributed by atoms with Crippen LogP contribution in [0.2, 0.25) is 0 Å². The molecule has 0 saturated carbocycles. The minimum atomic E-state index is -0.427. The molecule has 4 heteroatoms. The molecular formula is C14H13NO3. The Morgan fingerprint density at radius 2 is 2.00 bits per heavy atom. The Balaban J connectivity index is 1.97. The Morgan fingerprint density at radius 1 is 1.22 bits per heavy atom. The summed E-state index contributed by atoms with van der Waals surface area (Å²) in [7, 11) is 0. The van der Waals surface area contributed by atoms with Crippen molar-refractivity contribution in [3.8, 4) is 0 Å². The highest BCUT2D eigenvalue weighted by atomic mass is 16.6. The number of fused-ring (bicyclic) bond motifs is 1. The maximum atomic E-state index is 11.7. The van der Waals surface area contributed by atoms with Gasteiger partial charge in [0, 0.05) is 5.69 Å². The number of carbonyl (C=O) groups excluding carboxylic acids is 1. The topological polar surface area (TPSA) is 49.8 Å². The predicted molar refractivity (Wildman–Crippen MR) is 68.6 cm³/mol. The lowest BCUT2D eigenvalue weighted by Gasteiger charge is -2.13. The van der Waals surface area contributed by atoms with E-state index in [9.17, 15) is 4.79 Å². The molecule has 0 radical (unpaired) electrons. The Bertz CT molecular complexity index is 596. The quantitative estimate of drug-likeness (QED) is 0.879. The number of nitrogens with zero attached hydrogens (tertiary/aromatic N) is 1. The van der Waals surface area contributed by atoms with Crippen molar-refractivity contribution in [1.82, 2.24) is 0 Å². The van der Waals surface area contributed by atoms with Crippen LogP contribution in [0.15, 0.2) is 42.5 Å². The molecule has 0 unspecified atom stereocenters. The van der Waals surface area contributed by atoms with E-state index >= 15 is 0 Å². The van der Waals surface area contributed by atoms with E-state index in [2.05, 4.69) is 0 Å². The molecule has 0 bridgehead atoms. The maximum Gasteiger partial charge on any atom is 0.414 e. The van der Waals surface area contributed by atoms with Crippen LogP contribution in [0.25, 0.3) is 10.8 Å². The number of ether oxygens (including phenoxy) is 1. The first kappa shape index (κ1) is 11.0. The van der Waals surface area contributed by atoms with Crippen LogP contribution >= 0.6 is 0 Å². The fraction of sp³-hybridized carbons (Fsp3) is 0.214. The monoisotopic (exact) mass is 243 g/mol. The van der Waals surface area contributed by atoms with Crippen LogP contribution in [0.3, 0.4) is 0 Å². The Hall–Kier alpha value is -2.07. The second-order valence-electron chi connectivity index (χ2n) is 4.33. The molecule has 1 atom stereocenters. The van der Waals surface area contributed by atoms with Gasteiger partial charge in [-0.1, -0.05) is 30.3 Å². The molecule has 1 aliphatic heterocycles. The van der Waals surface area contributed by atoms with Crippen LogP contribution in [0, 0.1) is 0 Å². The summed E-state index contributed by atoms with van der Waals surface area (Å²) in [6, 6.07) is 13.8. The molecule has 92 valence electrons. The summed E-state index contributed by atoms with van der Waals surface area (Å²) >= 11 is 0. The maximum absolute atomic E-state index is 11.7. The van der Waals surface area contributed by atoms with Gasteiger partial charge in [-0.05, 0) is 22.9 Å². The molecule has 1 fully saturated rings. The van der Waals surface area contributed by atoms with E-state index in [-0.39, 0.29) is 6.61 Å². The van der Waals surface area contributed by atoms with Gasteiger partial charge in [-0.3, -0.25) is 4.90 Å². The lowest BCUT2D eigenvalue weighted by molar-refractivity contribution is 0.0963. The summed E-state index contributed by atoms with van der Waals surface area (Å²) < 4.78 is 5.03. The van der Waals surface area contributed by atoms with Gasteiger partial charge < -0.3 is 9.84 Å². The van der Waals surface area contributed by atoms with Crippen LogP contribution in [-0.2, 0) is 4.74 Å². The number of aliphatic hydroxyl groups is 1. The Morgan fingerprint density at radius 3 is 2.72 bits per heavy atom. The predicted octanol–water partition coefficient (Wildman–Crippen LogP) is 2.16. The third-order valence-electron chi connectivity index (χ3n) is 3.12. The van der Waals surface area contributed by atoms with E-state index in [0.717, 1.165) is 16.5 Å². The van der Waals surface area contributed by atoms with Crippen LogP contribution in [-0.4, -0.2) is 30.5 Å². The van der Waals surface area contributed by atoms with Gasteiger partial charge in [-0.15, -0.1) is 0 Å². The van der Waals surface area contributed by atoms with E-state index < -0.39 is 12.2 Å². The highest BCUT2D eigenvalue weighted by Gasteiger charge is 2.31. The van der Waals surface area contributed by atoms with Gasteiger partial charge >= 0.3 is 6.09 Å². The third kappa shape index (κ3) is 1.80. The molecule has 3 rings (SSSR count). The van der Waals surface area contributed by atoms with Crippen molar-refractivity contribution in [1.29, 1.82) is 0 Å². The fourth-order valence-corrected chi connectivity index (χ4v) is 2.17. The lowest BCUT2D eigenvalue weighted by atomic mass is 10.1. The fourth-order valence-electron chi connectivity index (χ4n) is 2.17. The average Bonchev–Trinajstić information content (AvgIpc) is 2.79. The molecule has 18 heavy (non-hydrogen) atoms. The van der Waals surface area contributed by atoms with Gasteiger partial charge in [-0.2, -0.15) is 0 Å². The molecule has 0 aromatic heterocycles. The highest BCUT2D eigenvalue weighted by Crippen LogP contribution is 2.25. The first-order valence-electron chi connectivity index (χ1n) is 5.86. The van der Waals surface area contributed by atoms with E-state index in [4.69, 9.17) is 9.84 Å². The third-order valence-corrected chi connectivity index (χ3v) is 3.12. The van der Waals surface area contributed by atoms with Gasteiger partial charge in [0.25, 0.3) is 0 Å². The van der Waals surface area contributed by atoms with Crippen molar-refractivity contribution in [3.63, 3.8) is 0 Å². The molecule has 1 heterocycles. The number of carbonyl (C=O) groups is 1. The summed E-state index contributed by atoms with van der Waals surface area (Å²) in [4.78, 5) is 13.2. The zero-order chi connectivity index (χ0) is 12.5. The Kier molecular flexibility index (Phi) is 2.64. The minimum Gasteiger partial charge on any atom is -0.441 e. The van der Waals surface area contributed by atoms with Crippen molar-refractivity contribution in [2.75, 3.05) is 18.1 Å². The minimum absolute atomic E-state index is 0.143. The van der Waals surface area contributed by atoms with E-state index in [1.807, 2.05) is 42.5 Å². The number of cyclic esters (lactones) is 1. The van der Waals surface area contributed by atoms with E-state index in [1.54, 1.807) is 4.90 Å². The van der Waals surface area contributed by atoms with Gasteiger partial charge in [0.1, 0.15) is 6.10 Å². The standard InChI is InChI=1S/C14H13NO3/c16-9-13-8-15(14(17)18-13)12-6-5-10-3-1-2-4-11(10)7-12/h1-7,13,16H,8-9H2/t13-/m1/s1. The van der Waals surface area contributed by atoms with Crippen LogP contribution in [0.5, 0.6) is 0 Å². The van der Waals surface area contributed by atoms with Crippen molar-refractivity contribution < 1.29 is 14.6 Å². The molecule has 0 spiro atoms. The summed E-state index contributed by atoms with van der Waals surface area (Å²) in [5, 5.41) is 11.2. The zero-order valence-electron chi connectivity index (χ0n) is 9.74. The second-order valence-corrected chi connectivity index (χ2v) is 4.33. The highest BCUT2D eigenvalue weighted by molar-refractivity contribution is 5.94. The summed E-state index contributed by atoms with van der Waals surface area (Å²) in [5.41, 5.74) is 0.801. The van der Waals surface area contributed by atoms with E-state index in [0.29, 0.717) is 6.54 Å². The van der Waals surface area contributed by atoms with Gasteiger partial charge in [0.2, 0.25) is 0 Å². The molecule has 1 N–H and O–H groups in total. The smallest absolute Gasteiger partial charge is 0.414 e. The SMILES string of the molecule is O=C1O[C@@H](CO)CN1c1ccc2ccccc2c1. The second kappa shape index (κ2) is 4.31. The number of rotatable bonds is 2. The zero-order valence-corrected chi connectivity index (χ0v) is 9.74. The largest absolute Gasteiger partial charge is 0.441 e. The molecule has 2 aromatic rings. The molecule has 1 saturated heterocycles. The van der Waals surface area contributed by atoms with Crippen LogP contribution < -0.4 is 4.90 Å².